The van der Waals surface area contributed by atoms with Gasteiger partial charge in [-0.15, -0.1) is 0 Å². The molecule has 0 spiro atoms. The number of aromatic nitrogens is 2. The number of fused-ring (bicyclic) bond motifs is 1. The number of nitrogens with zero attached hydrogens (tertiary/aromatic N) is 3. The smallest absolute Gasteiger partial charge is 0.338 e. The molecule has 0 saturated carbocycles. The van der Waals surface area contributed by atoms with Crippen LogP contribution in [0.4, 0.5) is 0 Å². The molecule has 2 heterocycles. The van der Waals surface area contributed by atoms with Crippen LogP contribution in [-0.2, 0) is 21.4 Å². The minimum absolute atomic E-state index is 0.00748. The highest BCUT2D eigenvalue weighted by Gasteiger charge is 2.22. The Hall–Kier alpha value is -2.71. The minimum atomic E-state index is -3.63. The molecule has 2 aromatic heterocycles. The highest BCUT2D eigenvalue weighted by atomic mass is 32.2. The predicted octanol–water partition coefficient (Wildman–Crippen LogP) is 2.72. The number of rotatable bonds is 7. The van der Waals surface area contributed by atoms with Gasteiger partial charge in [0.1, 0.15) is 12.3 Å². The first-order valence-corrected chi connectivity index (χ1v) is 10.1. The van der Waals surface area contributed by atoms with E-state index in [1.807, 2.05) is 28.8 Å². The van der Waals surface area contributed by atoms with Gasteiger partial charge in [-0.05, 0) is 30.3 Å². The van der Waals surface area contributed by atoms with Crippen molar-refractivity contribution in [3.05, 3.63) is 66.1 Å². The van der Waals surface area contributed by atoms with Crippen LogP contribution >= 0.6 is 0 Å². The molecule has 8 heteroatoms. The van der Waals surface area contributed by atoms with Gasteiger partial charge in [0.05, 0.1) is 16.2 Å². The lowest BCUT2D eigenvalue weighted by Crippen LogP contribution is -2.30. The number of imidazole rings is 1. The van der Waals surface area contributed by atoms with Gasteiger partial charge in [-0.2, -0.15) is 4.31 Å². The average Bonchev–Trinajstić information content (AvgIpc) is 3.10. The molecular weight excluding hydrogens is 366 g/mol. The molecule has 7 nitrogen and oxygen atoms in total. The van der Waals surface area contributed by atoms with Crippen LogP contribution in [0.5, 0.6) is 0 Å². The van der Waals surface area contributed by atoms with Gasteiger partial charge in [-0.1, -0.05) is 26.0 Å². The zero-order valence-corrected chi connectivity index (χ0v) is 16.0. The van der Waals surface area contributed by atoms with Crippen molar-refractivity contribution in [1.29, 1.82) is 0 Å². The summed E-state index contributed by atoms with van der Waals surface area (Å²) in [6, 6.07) is 11.5. The Balaban J connectivity index is 1.75. The van der Waals surface area contributed by atoms with Gasteiger partial charge in [-0.25, -0.2) is 18.2 Å². The second-order valence-corrected chi connectivity index (χ2v) is 7.83. The van der Waals surface area contributed by atoms with E-state index in [2.05, 4.69) is 4.98 Å². The average molecular weight is 387 g/mol. The van der Waals surface area contributed by atoms with Crippen molar-refractivity contribution in [3.8, 4) is 0 Å². The van der Waals surface area contributed by atoms with Crippen molar-refractivity contribution in [3.63, 3.8) is 0 Å². The number of sulfonamides is 1. The van der Waals surface area contributed by atoms with E-state index in [-0.39, 0.29) is 17.1 Å². The van der Waals surface area contributed by atoms with Gasteiger partial charge in [0.15, 0.2) is 0 Å². The fraction of sp³-hybridized carbons (Fsp3) is 0.263. The van der Waals surface area contributed by atoms with Gasteiger partial charge in [0.2, 0.25) is 10.0 Å². The van der Waals surface area contributed by atoms with Crippen molar-refractivity contribution < 1.29 is 17.9 Å². The zero-order chi connectivity index (χ0) is 19.4. The minimum Gasteiger partial charge on any atom is -0.456 e. The molecule has 0 bridgehead atoms. The van der Waals surface area contributed by atoms with Crippen LogP contribution in [0.15, 0.2) is 59.8 Å². The Morgan fingerprint density at radius 3 is 2.63 bits per heavy atom. The number of carbonyl (C=O) groups excluding carboxylic acids is 1. The molecular formula is C19H21N3O4S. The summed E-state index contributed by atoms with van der Waals surface area (Å²) in [5, 5.41) is 0. The number of esters is 1. The van der Waals surface area contributed by atoms with Crippen LogP contribution in [0.3, 0.4) is 0 Å². The van der Waals surface area contributed by atoms with Crippen LogP contribution in [-0.4, -0.2) is 41.2 Å². The fourth-order valence-corrected chi connectivity index (χ4v) is 4.28. The van der Waals surface area contributed by atoms with Crippen LogP contribution in [0.25, 0.3) is 5.65 Å². The van der Waals surface area contributed by atoms with Gasteiger partial charge in [0, 0.05) is 25.5 Å². The Bertz CT molecular complexity index is 1020. The molecule has 0 amide bonds. The van der Waals surface area contributed by atoms with E-state index < -0.39 is 16.0 Å². The molecule has 27 heavy (non-hydrogen) atoms. The summed E-state index contributed by atoms with van der Waals surface area (Å²) in [6.45, 7) is 4.28. The van der Waals surface area contributed by atoms with Crippen molar-refractivity contribution in [2.75, 3.05) is 13.1 Å². The van der Waals surface area contributed by atoms with E-state index in [9.17, 15) is 13.2 Å². The first-order chi connectivity index (χ1) is 13.0. The van der Waals surface area contributed by atoms with E-state index in [0.717, 1.165) is 5.65 Å². The molecule has 1 aromatic carbocycles. The van der Waals surface area contributed by atoms with Crippen LogP contribution in [0.1, 0.15) is 29.9 Å². The summed E-state index contributed by atoms with van der Waals surface area (Å²) in [4.78, 5) is 16.8. The lowest BCUT2D eigenvalue weighted by molar-refractivity contribution is 0.0468. The molecule has 0 unspecified atom stereocenters. The maximum atomic E-state index is 12.6. The molecule has 0 aliphatic rings. The van der Waals surface area contributed by atoms with Crippen molar-refractivity contribution >= 4 is 21.6 Å². The molecule has 0 aliphatic carbocycles. The highest BCUT2D eigenvalue weighted by Crippen LogP contribution is 2.18. The SMILES string of the molecule is CCN(CC)S(=O)(=O)c1cccc(C(=O)OCc2cn3ccccc3n2)c1. The topological polar surface area (TPSA) is 81.0 Å². The highest BCUT2D eigenvalue weighted by molar-refractivity contribution is 7.89. The normalized spacial score (nSPS) is 11.8. The molecule has 0 aliphatic heterocycles. The molecule has 0 atom stereocenters. The second kappa shape index (κ2) is 7.89. The van der Waals surface area contributed by atoms with E-state index >= 15 is 0 Å². The summed E-state index contributed by atoms with van der Waals surface area (Å²) < 4.78 is 33.7. The summed E-state index contributed by atoms with van der Waals surface area (Å²) in [5.74, 6) is -0.594. The Morgan fingerprint density at radius 1 is 1.15 bits per heavy atom. The van der Waals surface area contributed by atoms with Crippen molar-refractivity contribution in [2.45, 2.75) is 25.3 Å². The molecule has 3 rings (SSSR count). The van der Waals surface area contributed by atoms with Crippen LogP contribution in [0, 0.1) is 0 Å². The molecule has 0 fully saturated rings. The molecule has 0 saturated heterocycles. The standard InChI is InChI=1S/C19H21N3O4S/c1-3-22(4-2)27(24,25)17-9-7-8-15(12-17)19(23)26-14-16-13-21-11-6-5-10-18(21)20-16/h5-13H,3-4,14H2,1-2H3. The maximum absolute atomic E-state index is 12.6. The van der Waals surface area contributed by atoms with E-state index in [0.29, 0.717) is 18.8 Å². The van der Waals surface area contributed by atoms with Gasteiger partial charge < -0.3 is 9.14 Å². The van der Waals surface area contributed by atoms with E-state index in [4.69, 9.17) is 4.74 Å². The number of pyridine rings is 1. The maximum Gasteiger partial charge on any atom is 0.338 e. The monoisotopic (exact) mass is 387 g/mol. The number of hydrogen-bond acceptors (Lipinski definition) is 5. The Morgan fingerprint density at radius 2 is 1.93 bits per heavy atom. The third kappa shape index (κ3) is 4.01. The lowest BCUT2D eigenvalue weighted by atomic mass is 10.2. The van der Waals surface area contributed by atoms with Crippen LogP contribution in [0.2, 0.25) is 0 Å². The number of benzene rings is 1. The number of ether oxygens (including phenoxy) is 1. The Labute approximate surface area is 158 Å². The van der Waals surface area contributed by atoms with E-state index in [1.165, 1.54) is 28.6 Å². The quantitative estimate of drug-likeness (QED) is 0.582. The molecule has 3 aromatic rings. The third-order valence-electron chi connectivity index (χ3n) is 4.18. The number of hydrogen-bond donors (Lipinski definition) is 0. The van der Waals surface area contributed by atoms with E-state index in [1.54, 1.807) is 20.0 Å². The summed E-state index contributed by atoms with van der Waals surface area (Å²) in [6.07, 6.45) is 3.64. The van der Waals surface area contributed by atoms with Gasteiger partial charge >= 0.3 is 5.97 Å². The Kier molecular flexibility index (Phi) is 5.57. The first kappa shape index (κ1) is 19.1. The van der Waals surface area contributed by atoms with Crippen LogP contribution < -0.4 is 0 Å². The molecule has 0 radical (unpaired) electrons. The number of carbonyl (C=O) groups is 1. The second-order valence-electron chi connectivity index (χ2n) is 5.89. The van der Waals surface area contributed by atoms with Gasteiger partial charge in [0.25, 0.3) is 0 Å². The fourth-order valence-electron chi connectivity index (χ4n) is 2.78. The third-order valence-corrected chi connectivity index (χ3v) is 6.22. The molecule has 0 N–H and O–H groups in total. The predicted molar refractivity (Wildman–Crippen MR) is 101 cm³/mol. The lowest BCUT2D eigenvalue weighted by Gasteiger charge is -2.18. The first-order valence-electron chi connectivity index (χ1n) is 8.65. The zero-order valence-electron chi connectivity index (χ0n) is 15.2. The summed E-state index contributed by atoms with van der Waals surface area (Å²) >= 11 is 0. The molecule has 142 valence electrons. The van der Waals surface area contributed by atoms with Gasteiger partial charge in [-0.3, -0.25) is 0 Å². The summed E-state index contributed by atoms with van der Waals surface area (Å²) in [7, 11) is -3.63. The summed E-state index contributed by atoms with van der Waals surface area (Å²) in [5.41, 5.74) is 1.56. The van der Waals surface area contributed by atoms with Crippen molar-refractivity contribution in [2.24, 2.45) is 0 Å². The largest absolute Gasteiger partial charge is 0.456 e. The van der Waals surface area contributed by atoms with Crippen molar-refractivity contribution in [1.82, 2.24) is 13.7 Å².